The van der Waals surface area contributed by atoms with Crippen LogP contribution in [0.25, 0.3) is 6.08 Å². The van der Waals surface area contributed by atoms with Crippen LogP contribution in [0, 0.1) is 18.3 Å². The van der Waals surface area contributed by atoms with Crippen LogP contribution in [-0.4, -0.2) is 5.91 Å². The van der Waals surface area contributed by atoms with E-state index in [1.54, 1.807) is 24.3 Å². The van der Waals surface area contributed by atoms with Gasteiger partial charge in [0.25, 0.3) is 0 Å². The van der Waals surface area contributed by atoms with Crippen LogP contribution < -0.4 is 5.32 Å². The predicted octanol–water partition coefficient (Wildman–Crippen LogP) is 4.28. The van der Waals surface area contributed by atoms with Gasteiger partial charge in [-0.2, -0.15) is 5.26 Å². The molecule has 2 rings (SSSR count). The molecule has 0 radical (unpaired) electrons. The minimum Gasteiger partial charge on any atom is -0.322 e. The molecule has 0 spiro atoms. The van der Waals surface area contributed by atoms with Crippen molar-refractivity contribution in [2.45, 2.75) is 6.92 Å². The number of rotatable bonds is 3. The van der Waals surface area contributed by atoms with E-state index >= 15 is 0 Å². The summed E-state index contributed by atoms with van der Waals surface area (Å²) < 4.78 is 0.944. The fraction of sp³-hybridized carbons (Fsp3) is 0.0588. The van der Waals surface area contributed by atoms with Gasteiger partial charge in [-0.25, -0.2) is 0 Å². The SMILES string of the molecule is Cc1ccc(NC(=O)/C=C/c2ccccc2C#N)cc1Br. The van der Waals surface area contributed by atoms with E-state index in [0.29, 0.717) is 5.56 Å². The molecule has 2 aromatic carbocycles. The number of carbonyl (C=O) groups is 1. The van der Waals surface area contributed by atoms with Crippen molar-refractivity contribution < 1.29 is 4.79 Å². The molecule has 0 unspecified atom stereocenters. The average Bonchev–Trinajstić information content (AvgIpc) is 2.49. The van der Waals surface area contributed by atoms with E-state index in [9.17, 15) is 4.79 Å². The van der Waals surface area contributed by atoms with Crippen molar-refractivity contribution in [2.75, 3.05) is 5.32 Å². The minimum atomic E-state index is -0.238. The Kier molecular flexibility index (Phi) is 4.91. The second-order valence-corrected chi connectivity index (χ2v) is 5.34. The Hall–Kier alpha value is -2.38. The Morgan fingerprint density at radius 2 is 2.05 bits per heavy atom. The van der Waals surface area contributed by atoms with E-state index in [1.165, 1.54) is 6.08 Å². The van der Waals surface area contributed by atoms with Gasteiger partial charge in [0.1, 0.15) is 0 Å². The highest BCUT2D eigenvalue weighted by Gasteiger charge is 2.01. The minimum absolute atomic E-state index is 0.238. The van der Waals surface area contributed by atoms with Crippen molar-refractivity contribution in [3.63, 3.8) is 0 Å². The first-order chi connectivity index (χ1) is 10.1. The van der Waals surface area contributed by atoms with Crippen LogP contribution in [0.1, 0.15) is 16.7 Å². The number of amides is 1. The van der Waals surface area contributed by atoms with Crippen LogP contribution in [0.15, 0.2) is 53.0 Å². The van der Waals surface area contributed by atoms with Gasteiger partial charge in [-0.15, -0.1) is 0 Å². The quantitative estimate of drug-likeness (QED) is 0.847. The Labute approximate surface area is 132 Å². The summed E-state index contributed by atoms with van der Waals surface area (Å²) in [6.45, 7) is 1.98. The summed E-state index contributed by atoms with van der Waals surface area (Å²) in [5, 5.41) is 11.8. The molecule has 1 N–H and O–H groups in total. The van der Waals surface area contributed by atoms with Crippen molar-refractivity contribution in [3.8, 4) is 6.07 Å². The molecule has 0 bridgehead atoms. The van der Waals surface area contributed by atoms with Crippen molar-refractivity contribution in [1.29, 1.82) is 5.26 Å². The zero-order chi connectivity index (χ0) is 15.2. The lowest BCUT2D eigenvalue weighted by Gasteiger charge is -2.04. The summed E-state index contributed by atoms with van der Waals surface area (Å²) in [5.74, 6) is -0.238. The first-order valence-electron chi connectivity index (χ1n) is 6.34. The number of anilines is 1. The first kappa shape index (κ1) is 15.0. The van der Waals surface area contributed by atoms with Gasteiger partial charge >= 0.3 is 0 Å². The second kappa shape index (κ2) is 6.87. The van der Waals surface area contributed by atoms with Gasteiger partial charge < -0.3 is 5.32 Å². The third-order valence-corrected chi connectivity index (χ3v) is 3.79. The number of hydrogen-bond donors (Lipinski definition) is 1. The maximum Gasteiger partial charge on any atom is 0.248 e. The van der Waals surface area contributed by atoms with Crippen molar-refractivity contribution in [2.24, 2.45) is 0 Å². The van der Waals surface area contributed by atoms with Crippen molar-refractivity contribution in [1.82, 2.24) is 0 Å². The normalized spacial score (nSPS) is 10.3. The van der Waals surface area contributed by atoms with Gasteiger partial charge in [-0.3, -0.25) is 4.79 Å². The molecule has 0 saturated heterocycles. The summed E-state index contributed by atoms with van der Waals surface area (Å²) >= 11 is 3.43. The molecule has 0 fully saturated rings. The van der Waals surface area contributed by atoms with Crippen LogP contribution >= 0.6 is 15.9 Å². The molecule has 0 heterocycles. The number of halogens is 1. The molecular formula is C17H13BrN2O. The second-order valence-electron chi connectivity index (χ2n) is 4.49. The van der Waals surface area contributed by atoms with Crippen LogP contribution in [0.4, 0.5) is 5.69 Å². The lowest BCUT2D eigenvalue weighted by atomic mass is 10.1. The number of aryl methyl sites for hydroxylation is 1. The third kappa shape index (κ3) is 4.04. The van der Waals surface area contributed by atoms with E-state index < -0.39 is 0 Å². The summed E-state index contributed by atoms with van der Waals surface area (Å²) in [6.07, 6.45) is 3.06. The molecule has 0 atom stereocenters. The number of carbonyl (C=O) groups excluding carboxylic acids is 1. The Morgan fingerprint density at radius 1 is 1.29 bits per heavy atom. The maximum absolute atomic E-state index is 11.9. The smallest absolute Gasteiger partial charge is 0.248 e. The zero-order valence-electron chi connectivity index (χ0n) is 11.4. The fourth-order valence-corrected chi connectivity index (χ4v) is 2.14. The number of nitrogens with one attached hydrogen (secondary N) is 1. The zero-order valence-corrected chi connectivity index (χ0v) is 13.0. The van der Waals surface area contributed by atoms with Gasteiger partial charge in [0.15, 0.2) is 0 Å². The molecule has 3 nitrogen and oxygen atoms in total. The highest BCUT2D eigenvalue weighted by molar-refractivity contribution is 9.10. The van der Waals surface area contributed by atoms with Gasteiger partial charge in [0, 0.05) is 16.2 Å². The molecule has 0 aliphatic carbocycles. The van der Waals surface area contributed by atoms with Crippen LogP contribution in [0.5, 0.6) is 0 Å². The highest BCUT2D eigenvalue weighted by Crippen LogP contribution is 2.20. The van der Waals surface area contributed by atoms with E-state index in [-0.39, 0.29) is 5.91 Å². The number of nitriles is 1. The first-order valence-corrected chi connectivity index (χ1v) is 7.14. The largest absolute Gasteiger partial charge is 0.322 e. The molecule has 0 aliphatic rings. The van der Waals surface area contributed by atoms with Gasteiger partial charge in [0.05, 0.1) is 11.6 Å². The van der Waals surface area contributed by atoms with Crippen molar-refractivity contribution >= 4 is 33.6 Å². The Bertz CT molecular complexity index is 745. The standard InChI is InChI=1S/C17H13BrN2O/c1-12-6-8-15(10-16(12)18)20-17(21)9-7-13-4-2-3-5-14(13)11-19/h2-10H,1H3,(H,20,21)/b9-7+. The maximum atomic E-state index is 11.9. The van der Waals surface area contributed by atoms with E-state index in [1.807, 2.05) is 31.2 Å². The fourth-order valence-electron chi connectivity index (χ4n) is 1.76. The summed E-state index contributed by atoms with van der Waals surface area (Å²) in [6, 6.07) is 14.8. The molecule has 0 saturated carbocycles. The molecule has 104 valence electrons. The lowest BCUT2D eigenvalue weighted by molar-refractivity contribution is -0.111. The summed E-state index contributed by atoms with van der Waals surface area (Å²) in [4.78, 5) is 11.9. The monoisotopic (exact) mass is 340 g/mol. The van der Waals surface area contributed by atoms with E-state index in [4.69, 9.17) is 5.26 Å². The number of nitrogens with zero attached hydrogens (tertiary/aromatic N) is 1. The molecule has 21 heavy (non-hydrogen) atoms. The number of benzene rings is 2. The molecule has 2 aromatic rings. The Balaban J connectivity index is 2.09. The number of hydrogen-bond acceptors (Lipinski definition) is 2. The van der Waals surface area contributed by atoms with Crippen LogP contribution in [0.2, 0.25) is 0 Å². The summed E-state index contributed by atoms with van der Waals surface area (Å²) in [5.41, 5.74) is 3.09. The lowest BCUT2D eigenvalue weighted by Crippen LogP contribution is -2.07. The summed E-state index contributed by atoms with van der Waals surface area (Å²) in [7, 11) is 0. The molecule has 1 amide bonds. The molecule has 0 aliphatic heterocycles. The average molecular weight is 341 g/mol. The topological polar surface area (TPSA) is 52.9 Å². The predicted molar refractivity (Wildman–Crippen MR) is 87.7 cm³/mol. The Morgan fingerprint density at radius 3 is 2.76 bits per heavy atom. The highest BCUT2D eigenvalue weighted by atomic mass is 79.9. The van der Waals surface area contributed by atoms with Crippen LogP contribution in [-0.2, 0) is 4.79 Å². The third-order valence-electron chi connectivity index (χ3n) is 2.93. The van der Waals surface area contributed by atoms with Gasteiger partial charge in [-0.05, 0) is 42.3 Å². The van der Waals surface area contributed by atoms with Gasteiger partial charge in [0.2, 0.25) is 5.91 Å². The van der Waals surface area contributed by atoms with Crippen LogP contribution in [0.3, 0.4) is 0 Å². The van der Waals surface area contributed by atoms with Gasteiger partial charge in [-0.1, -0.05) is 40.2 Å². The van der Waals surface area contributed by atoms with E-state index in [2.05, 4.69) is 27.3 Å². The van der Waals surface area contributed by atoms with Crippen molar-refractivity contribution in [3.05, 3.63) is 69.7 Å². The van der Waals surface area contributed by atoms with E-state index in [0.717, 1.165) is 21.3 Å². The molecular weight excluding hydrogens is 328 g/mol. The molecule has 0 aromatic heterocycles. The molecule has 4 heteroatoms.